The van der Waals surface area contributed by atoms with Crippen molar-refractivity contribution in [3.63, 3.8) is 0 Å². The number of rotatable bonds is 7. The Kier molecular flexibility index (Phi) is 6.63. The number of aryl methyl sites for hydroxylation is 1. The van der Waals surface area contributed by atoms with Crippen LogP contribution in [0.1, 0.15) is 31.9 Å². The van der Waals surface area contributed by atoms with Gasteiger partial charge in [0, 0.05) is 54.2 Å². The molecular formula is C27H32N4O3. The van der Waals surface area contributed by atoms with E-state index in [4.69, 9.17) is 4.74 Å². The maximum Gasteiger partial charge on any atom is 0.408 e. The first-order valence-electron chi connectivity index (χ1n) is 11.6. The molecule has 7 nitrogen and oxygen atoms in total. The molecule has 1 atom stereocenters. The minimum atomic E-state index is -0.761. The van der Waals surface area contributed by atoms with E-state index < -0.39 is 17.7 Å². The molecule has 4 aromatic rings. The first-order valence-corrected chi connectivity index (χ1v) is 11.6. The number of carbonyl (C=O) groups is 2. The van der Waals surface area contributed by atoms with E-state index in [9.17, 15) is 9.59 Å². The molecule has 3 N–H and O–H groups in total. The number of hydrogen-bond donors (Lipinski definition) is 3. The quantitative estimate of drug-likeness (QED) is 0.381. The number of H-pyrrole nitrogens is 1. The van der Waals surface area contributed by atoms with Gasteiger partial charge in [0.25, 0.3) is 0 Å². The van der Waals surface area contributed by atoms with Crippen molar-refractivity contribution in [2.75, 3.05) is 6.54 Å². The highest BCUT2D eigenvalue weighted by molar-refractivity contribution is 5.89. The van der Waals surface area contributed by atoms with Crippen LogP contribution in [0.4, 0.5) is 4.79 Å². The Bertz CT molecular complexity index is 1310. The maximum absolute atomic E-state index is 13.2. The molecule has 0 bridgehead atoms. The minimum Gasteiger partial charge on any atom is -0.444 e. The summed E-state index contributed by atoms with van der Waals surface area (Å²) in [5.74, 6) is -0.237. The third kappa shape index (κ3) is 5.42. The van der Waals surface area contributed by atoms with Crippen molar-refractivity contribution in [1.82, 2.24) is 20.2 Å². The van der Waals surface area contributed by atoms with E-state index >= 15 is 0 Å². The zero-order valence-electron chi connectivity index (χ0n) is 20.1. The van der Waals surface area contributed by atoms with Crippen molar-refractivity contribution in [2.45, 2.75) is 45.3 Å². The predicted octanol–water partition coefficient (Wildman–Crippen LogP) is 4.45. The van der Waals surface area contributed by atoms with Crippen molar-refractivity contribution < 1.29 is 14.3 Å². The van der Waals surface area contributed by atoms with Crippen LogP contribution in [0.5, 0.6) is 0 Å². The molecule has 0 saturated carbocycles. The van der Waals surface area contributed by atoms with Gasteiger partial charge in [-0.15, -0.1) is 0 Å². The van der Waals surface area contributed by atoms with E-state index in [1.807, 2.05) is 66.5 Å². The monoisotopic (exact) mass is 460 g/mol. The third-order valence-corrected chi connectivity index (χ3v) is 5.78. The zero-order valence-corrected chi connectivity index (χ0v) is 20.1. The van der Waals surface area contributed by atoms with Crippen LogP contribution in [0, 0.1) is 0 Å². The Labute approximate surface area is 199 Å². The molecule has 0 spiro atoms. The summed E-state index contributed by atoms with van der Waals surface area (Å²) in [5, 5.41) is 7.99. The summed E-state index contributed by atoms with van der Waals surface area (Å²) < 4.78 is 7.45. The van der Waals surface area contributed by atoms with Crippen molar-refractivity contribution in [2.24, 2.45) is 7.05 Å². The van der Waals surface area contributed by atoms with Crippen LogP contribution in [0.2, 0.25) is 0 Å². The number of para-hydroxylation sites is 2. The van der Waals surface area contributed by atoms with Crippen LogP contribution in [0.15, 0.2) is 60.9 Å². The third-order valence-electron chi connectivity index (χ3n) is 5.78. The summed E-state index contributed by atoms with van der Waals surface area (Å²) in [6.07, 6.45) is 4.42. The van der Waals surface area contributed by atoms with Crippen LogP contribution in [0.3, 0.4) is 0 Å². The fourth-order valence-corrected chi connectivity index (χ4v) is 4.25. The molecule has 34 heavy (non-hydrogen) atoms. The Hall–Kier alpha value is -3.74. The number of benzene rings is 2. The predicted molar refractivity (Wildman–Crippen MR) is 135 cm³/mol. The second kappa shape index (κ2) is 9.63. The smallest absolute Gasteiger partial charge is 0.408 e. The number of aromatic amines is 1. The normalized spacial score (nSPS) is 12.6. The summed E-state index contributed by atoms with van der Waals surface area (Å²) >= 11 is 0. The number of nitrogens with one attached hydrogen (secondary N) is 3. The average Bonchev–Trinajstić information content (AvgIpc) is 3.33. The highest BCUT2D eigenvalue weighted by Gasteiger charge is 2.25. The van der Waals surface area contributed by atoms with Crippen LogP contribution in [-0.4, -0.2) is 39.7 Å². The van der Waals surface area contributed by atoms with Gasteiger partial charge in [-0.3, -0.25) is 4.79 Å². The average molecular weight is 461 g/mol. The first kappa shape index (κ1) is 23.4. The lowest BCUT2D eigenvalue weighted by atomic mass is 10.0. The van der Waals surface area contributed by atoms with Crippen LogP contribution in [-0.2, 0) is 29.4 Å². The largest absolute Gasteiger partial charge is 0.444 e. The van der Waals surface area contributed by atoms with Gasteiger partial charge in [0.2, 0.25) is 5.91 Å². The molecule has 2 aromatic carbocycles. The van der Waals surface area contributed by atoms with Crippen molar-refractivity contribution in [3.8, 4) is 0 Å². The number of alkyl carbamates (subject to hydrolysis) is 1. The molecule has 0 saturated heterocycles. The topological polar surface area (TPSA) is 88.2 Å². The van der Waals surface area contributed by atoms with Gasteiger partial charge in [-0.25, -0.2) is 4.79 Å². The highest BCUT2D eigenvalue weighted by Crippen LogP contribution is 2.22. The van der Waals surface area contributed by atoms with Gasteiger partial charge in [-0.05, 0) is 50.5 Å². The number of aromatic nitrogens is 2. The van der Waals surface area contributed by atoms with E-state index in [0.717, 1.165) is 32.9 Å². The molecule has 0 aliphatic heterocycles. The van der Waals surface area contributed by atoms with Gasteiger partial charge in [-0.2, -0.15) is 0 Å². The number of ether oxygens (including phenoxy) is 1. The highest BCUT2D eigenvalue weighted by atomic mass is 16.6. The summed E-state index contributed by atoms with van der Waals surface area (Å²) in [5.41, 5.74) is 3.63. The van der Waals surface area contributed by atoms with Crippen molar-refractivity contribution >= 4 is 33.8 Å². The Morgan fingerprint density at radius 2 is 1.74 bits per heavy atom. The maximum atomic E-state index is 13.2. The van der Waals surface area contributed by atoms with E-state index in [1.165, 1.54) is 0 Å². The Balaban J connectivity index is 1.48. The fraction of sp³-hybridized carbons (Fsp3) is 0.333. The van der Waals surface area contributed by atoms with Crippen molar-refractivity contribution in [1.29, 1.82) is 0 Å². The molecule has 0 unspecified atom stereocenters. The van der Waals surface area contributed by atoms with Crippen molar-refractivity contribution in [3.05, 3.63) is 72.1 Å². The minimum absolute atomic E-state index is 0.237. The van der Waals surface area contributed by atoms with E-state index in [2.05, 4.69) is 21.7 Å². The van der Waals surface area contributed by atoms with Gasteiger partial charge in [0.05, 0.1) is 0 Å². The second-order valence-corrected chi connectivity index (χ2v) is 9.59. The Morgan fingerprint density at radius 1 is 1.03 bits per heavy atom. The van der Waals surface area contributed by atoms with E-state index in [1.54, 1.807) is 20.8 Å². The molecule has 0 aliphatic rings. The molecular weight excluding hydrogens is 428 g/mol. The zero-order chi connectivity index (χ0) is 24.3. The standard InChI is InChI=1S/C27H32N4O3/c1-27(2,3)34-26(33)30-23(15-19-17-31(4)24-12-8-6-10-21(19)24)25(32)28-14-13-18-16-29-22-11-7-5-9-20(18)22/h5-12,16-17,23,29H,13-15H2,1-4H3,(H,28,32)(H,30,33)/t23-/m1/s1. The van der Waals surface area contributed by atoms with E-state index in [-0.39, 0.29) is 5.91 Å². The number of amides is 2. The molecule has 4 rings (SSSR count). The number of fused-ring (bicyclic) bond motifs is 2. The van der Waals surface area contributed by atoms with E-state index in [0.29, 0.717) is 19.4 Å². The van der Waals surface area contributed by atoms with Crippen LogP contribution < -0.4 is 10.6 Å². The lowest BCUT2D eigenvalue weighted by Gasteiger charge is -2.23. The fourth-order valence-electron chi connectivity index (χ4n) is 4.25. The second-order valence-electron chi connectivity index (χ2n) is 9.59. The molecule has 2 aromatic heterocycles. The number of hydrogen-bond acceptors (Lipinski definition) is 3. The van der Waals surface area contributed by atoms with Gasteiger partial charge in [0.1, 0.15) is 11.6 Å². The Morgan fingerprint density at radius 3 is 2.50 bits per heavy atom. The van der Waals surface area contributed by atoms with Gasteiger partial charge < -0.3 is 24.9 Å². The lowest BCUT2D eigenvalue weighted by Crippen LogP contribution is -2.49. The lowest BCUT2D eigenvalue weighted by molar-refractivity contribution is -0.123. The SMILES string of the molecule is Cn1cc(C[C@@H](NC(=O)OC(C)(C)C)C(=O)NCCc2c[nH]c3ccccc23)c2ccccc21. The van der Waals surface area contributed by atoms with Gasteiger partial charge in [0.15, 0.2) is 0 Å². The molecule has 2 amide bonds. The summed E-state index contributed by atoms with van der Waals surface area (Å²) in [7, 11) is 1.98. The summed E-state index contributed by atoms with van der Waals surface area (Å²) in [6.45, 7) is 5.86. The molecule has 7 heteroatoms. The molecule has 0 radical (unpaired) electrons. The first-order chi connectivity index (χ1) is 16.2. The summed E-state index contributed by atoms with van der Waals surface area (Å²) in [4.78, 5) is 29.0. The number of nitrogens with zero attached hydrogens (tertiary/aromatic N) is 1. The number of carbonyl (C=O) groups excluding carboxylic acids is 2. The molecule has 0 fully saturated rings. The molecule has 2 heterocycles. The van der Waals surface area contributed by atoms with Crippen LogP contribution >= 0.6 is 0 Å². The molecule has 0 aliphatic carbocycles. The van der Waals surface area contributed by atoms with Gasteiger partial charge >= 0.3 is 6.09 Å². The van der Waals surface area contributed by atoms with Gasteiger partial charge in [-0.1, -0.05) is 36.4 Å². The molecule has 178 valence electrons. The summed E-state index contributed by atoms with van der Waals surface area (Å²) in [6, 6.07) is 15.4. The van der Waals surface area contributed by atoms with Crippen LogP contribution in [0.25, 0.3) is 21.8 Å².